The lowest BCUT2D eigenvalue weighted by Crippen LogP contribution is -2.33. The normalized spacial score (nSPS) is 10.6. The van der Waals surface area contributed by atoms with Gasteiger partial charge in [-0.15, -0.1) is 0 Å². The van der Waals surface area contributed by atoms with E-state index in [1.165, 1.54) is 6.26 Å². The molecule has 21 heavy (non-hydrogen) atoms. The van der Waals surface area contributed by atoms with Gasteiger partial charge in [0.1, 0.15) is 6.26 Å². The van der Waals surface area contributed by atoms with E-state index in [0.29, 0.717) is 23.2 Å². The predicted molar refractivity (Wildman–Crippen MR) is 82.2 cm³/mol. The highest BCUT2D eigenvalue weighted by molar-refractivity contribution is 6.30. The Morgan fingerprint density at radius 2 is 2.10 bits per heavy atom. The second kappa shape index (κ2) is 7.24. The van der Waals surface area contributed by atoms with Crippen LogP contribution in [0.5, 0.6) is 0 Å². The van der Waals surface area contributed by atoms with Crippen LogP contribution in [0.2, 0.25) is 5.02 Å². The highest BCUT2D eigenvalue weighted by Crippen LogP contribution is 2.21. The molecular weight excluding hydrogens is 290 g/mol. The van der Waals surface area contributed by atoms with Crippen molar-refractivity contribution in [3.63, 3.8) is 0 Å². The maximum Gasteiger partial charge on any atom is 0.228 e. The van der Waals surface area contributed by atoms with Crippen LogP contribution in [0.4, 0.5) is 0 Å². The van der Waals surface area contributed by atoms with E-state index in [4.69, 9.17) is 16.0 Å². The zero-order valence-corrected chi connectivity index (χ0v) is 12.9. The number of nitrogens with one attached hydrogen (secondary N) is 1. The Labute approximate surface area is 128 Å². The summed E-state index contributed by atoms with van der Waals surface area (Å²) in [6.07, 6.45) is 1.76. The average molecular weight is 308 g/mol. The Hall–Kier alpha value is -1.85. The van der Waals surface area contributed by atoms with Crippen molar-refractivity contribution in [2.45, 2.75) is 6.42 Å². The fourth-order valence-corrected chi connectivity index (χ4v) is 1.93. The van der Waals surface area contributed by atoms with Gasteiger partial charge < -0.3 is 14.6 Å². The molecule has 1 aromatic carbocycles. The Balaban J connectivity index is 2.00. The molecule has 0 radical (unpaired) electrons. The van der Waals surface area contributed by atoms with Crippen LogP contribution in [0.1, 0.15) is 5.69 Å². The monoisotopic (exact) mass is 307 g/mol. The quantitative estimate of drug-likeness (QED) is 0.889. The van der Waals surface area contributed by atoms with Gasteiger partial charge in [0.05, 0.1) is 12.1 Å². The van der Waals surface area contributed by atoms with E-state index in [1.807, 2.05) is 19.2 Å². The number of nitrogens with zero attached hydrogens (tertiary/aromatic N) is 2. The third-order valence-corrected chi connectivity index (χ3v) is 3.35. The first kappa shape index (κ1) is 15.5. The lowest BCUT2D eigenvalue weighted by molar-refractivity contribution is -0.129. The third-order valence-electron chi connectivity index (χ3n) is 3.10. The summed E-state index contributed by atoms with van der Waals surface area (Å²) in [7, 11) is 3.63. The van der Waals surface area contributed by atoms with Crippen LogP contribution in [-0.2, 0) is 11.2 Å². The van der Waals surface area contributed by atoms with Gasteiger partial charge in [-0.3, -0.25) is 4.79 Å². The van der Waals surface area contributed by atoms with Crippen molar-refractivity contribution in [1.29, 1.82) is 0 Å². The number of rotatable bonds is 6. The van der Waals surface area contributed by atoms with Gasteiger partial charge in [0.15, 0.2) is 0 Å². The minimum Gasteiger partial charge on any atom is -0.444 e. The van der Waals surface area contributed by atoms with Crippen molar-refractivity contribution in [3.05, 3.63) is 41.2 Å². The summed E-state index contributed by atoms with van der Waals surface area (Å²) in [5.74, 6) is 0.508. The second-order valence-electron chi connectivity index (χ2n) is 4.75. The molecule has 1 aromatic heterocycles. The van der Waals surface area contributed by atoms with E-state index in [0.717, 1.165) is 12.1 Å². The summed E-state index contributed by atoms with van der Waals surface area (Å²) >= 11 is 5.84. The molecule has 0 saturated heterocycles. The highest BCUT2D eigenvalue weighted by atomic mass is 35.5. The molecule has 0 saturated carbocycles. The van der Waals surface area contributed by atoms with Gasteiger partial charge >= 0.3 is 0 Å². The molecule has 1 heterocycles. The molecule has 1 N–H and O–H groups in total. The topological polar surface area (TPSA) is 58.4 Å². The number of aromatic nitrogens is 1. The van der Waals surface area contributed by atoms with E-state index in [1.54, 1.807) is 24.1 Å². The number of benzene rings is 1. The third kappa shape index (κ3) is 4.31. The van der Waals surface area contributed by atoms with Crippen molar-refractivity contribution >= 4 is 17.5 Å². The lowest BCUT2D eigenvalue weighted by atomic mass is 10.2. The number of hydrogen-bond donors (Lipinski definition) is 1. The van der Waals surface area contributed by atoms with Gasteiger partial charge in [0, 0.05) is 30.7 Å². The van der Waals surface area contributed by atoms with E-state index in [-0.39, 0.29) is 12.3 Å². The van der Waals surface area contributed by atoms with E-state index >= 15 is 0 Å². The number of carbonyl (C=O) groups excluding carboxylic acids is 1. The van der Waals surface area contributed by atoms with Crippen LogP contribution in [0.25, 0.3) is 11.5 Å². The Bertz CT molecular complexity index is 595. The van der Waals surface area contributed by atoms with Crippen LogP contribution < -0.4 is 5.32 Å². The van der Waals surface area contributed by atoms with Crippen LogP contribution in [-0.4, -0.2) is 43.0 Å². The summed E-state index contributed by atoms with van der Waals surface area (Å²) in [5.41, 5.74) is 1.46. The van der Waals surface area contributed by atoms with Crippen molar-refractivity contribution in [1.82, 2.24) is 15.2 Å². The molecule has 0 aliphatic carbocycles. The SMILES string of the molecule is CNCCN(C)C(=O)Cc1coc(-c2ccc(Cl)cc2)n1. The first-order chi connectivity index (χ1) is 10.1. The molecule has 6 heteroatoms. The molecule has 0 aliphatic rings. The molecule has 112 valence electrons. The largest absolute Gasteiger partial charge is 0.444 e. The Kier molecular flexibility index (Phi) is 5.36. The maximum absolute atomic E-state index is 12.0. The van der Waals surface area contributed by atoms with Gasteiger partial charge in [-0.1, -0.05) is 11.6 Å². The number of amides is 1. The smallest absolute Gasteiger partial charge is 0.228 e. The van der Waals surface area contributed by atoms with Crippen molar-refractivity contribution in [2.24, 2.45) is 0 Å². The van der Waals surface area contributed by atoms with Gasteiger partial charge in [0.25, 0.3) is 0 Å². The minimum absolute atomic E-state index is 0.0150. The van der Waals surface area contributed by atoms with Gasteiger partial charge in [0.2, 0.25) is 11.8 Å². The molecule has 0 aliphatic heterocycles. The number of oxazole rings is 1. The fraction of sp³-hybridized carbons (Fsp3) is 0.333. The number of likely N-dealkylation sites (N-methyl/N-ethyl adjacent to an activating group) is 2. The summed E-state index contributed by atoms with van der Waals surface area (Å²) in [6, 6.07) is 7.21. The zero-order chi connectivity index (χ0) is 15.2. The maximum atomic E-state index is 12.0. The van der Waals surface area contributed by atoms with Crippen LogP contribution in [0.3, 0.4) is 0 Å². The zero-order valence-electron chi connectivity index (χ0n) is 12.1. The lowest BCUT2D eigenvalue weighted by Gasteiger charge is -2.15. The Morgan fingerprint density at radius 1 is 1.38 bits per heavy atom. The first-order valence-corrected chi connectivity index (χ1v) is 7.07. The molecule has 1 amide bonds. The van der Waals surface area contributed by atoms with Crippen molar-refractivity contribution in [3.8, 4) is 11.5 Å². The molecule has 0 atom stereocenters. The van der Waals surface area contributed by atoms with Crippen molar-refractivity contribution < 1.29 is 9.21 Å². The van der Waals surface area contributed by atoms with Crippen LogP contribution in [0.15, 0.2) is 34.9 Å². The molecule has 0 fully saturated rings. The number of halogens is 1. The Morgan fingerprint density at radius 3 is 2.76 bits per heavy atom. The van der Waals surface area contributed by atoms with E-state index in [9.17, 15) is 4.79 Å². The van der Waals surface area contributed by atoms with Gasteiger partial charge in [-0.05, 0) is 31.3 Å². The first-order valence-electron chi connectivity index (χ1n) is 6.69. The number of carbonyl (C=O) groups is 1. The molecular formula is C15H18ClN3O2. The molecule has 5 nitrogen and oxygen atoms in total. The van der Waals surface area contributed by atoms with E-state index < -0.39 is 0 Å². The molecule has 2 aromatic rings. The summed E-state index contributed by atoms with van der Waals surface area (Å²) < 4.78 is 5.42. The second-order valence-corrected chi connectivity index (χ2v) is 5.18. The summed E-state index contributed by atoms with van der Waals surface area (Å²) in [6.45, 7) is 1.42. The van der Waals surface area contributed by atoms with Gasteiger partial charge in [-0.2, -0.15) is 0 Å². The average Bonchev–Trinajstić information content (AvgIpc) is 2.93. The van der Waals surface area contributed by atoms with Crippen LogP contribution in [0, 0.1) is 0 Å². The van der Waals surface area contributed by atoms with E-state index in [2.05, 4.69) is 10.3 Å². The minimum atomic E-state index is 0.0150. The highest BCUT2D eigenvalue weighted by Gasteiger charge is 2.13. The van der Waals surface area contributed by atoms with Crippen molar-refractivity contribution in [2.75, 3.05) is 27.2 Å². The van der Waals surface area contributed by atoms with Crippen LogP contribution >= 0.6 is 11.6 Å². The predicted octanol–water partition coefficient (Wildman–Crippen LogP) is 2.22. The molecule has 0 spiro atoms. The summed E-state index contributed by atoms with van der Waals surface area (Å²) in [5, 5.41) is 3.67. The molecule has 0 unspecified atom stereocenters. The standard InChI is InChI=1S/C15H18ClN3O2/c1-17-7-8-19(2)14(20)9-13-10-21-15(18-13)11-3-5-12(16)6-4-11/h3-6,10,17H,7-9H2,1-2H3. The fourth-order valence-electron chi connectivity index (χ4n) is 1.81. The molecule has 2 rings (SSSR count). The summed E-state index contributed by atoms with van der Waals surface area (Å²) in [4.78, 5) is 18.0. The van der Waals surface area contributed by atoms with Gasteiger partial charge in [-0.25, -0.2) is 4.98 Å². The number of hydrogen-bond acceptors (Lipinski definition) is 4. The molecule has 0 bridgehead atoms.